The fourth-order valence-corrected chi connectivity index (χ4v) is 2.87. The minimum Gasteiger partial charge on any atom is -0.352 e. The van der Waals surface area contributed by atoms with E-state index < -0.39 is 0 Å². The highest BCUT2D eigenvalue weighted by molar-refractivity contribution is 9.10. The maximum atomic E-state index is 12.0. The van der Waals surface area contributed by atoms with Gasteiger partial charge in [-0.1, -0.05) is 51.9 Å². The Morgan fingerprint density at radius 2 is 1.71 bits per heavy atom. The zero-order valence-electron chi connectivity index (χ0n) is 12.8. The first kappa shape index (κ1) is 18.6. The van der Waals surface area contributed by atoms with Gasteiger partial charge in [0.1, 0.15) is 0 Å². The van der Waals surface area contributed by atoms with Gasteiger partial charge in [-0.15, -0.1) is 12.6 Å². The monoisotopic (exact) mass is 371 g/mol. The van der Waals surface area contributed by atoms with Crippen molar-refractivity contribution in [3.8, 4) is 0 Å². The van der Waals surface area contributed by atoms with Gasteiger partial charge in [-0.3, -0.25) is 4.79 Å². The number of rotatable bonds is 10. The standard InChI is InChI=1S/C17H26BrNOS/c1-2-3-4-5-6-7-8-9-12-19-17(20)15-13-14(21)10-11-16(15)18/h10-11,13,21H,2-9,12H2,1H3,(H,19,20). The lowest BCUT2D eigenvalue weighted by Crippen LogP contribution is -2.24. The van der Waals surface area contributed by atoms with Crippen molar-refractivity contribution in [3.63, 3.8) is 0 Å². The summed E-state index contributed by atoms with van der Waals surface area (Å²) in [6, 6.07) is 5.51. The predicted octanol–water partition coefficient (Wildman–Crippen LogP) is 5.61. The van der Waals surface area contributed by atoms with Crippen LogP contribution < -0.4 is 5.32 Å². The smallest absolute Gasteiger partial charge is 0.252 e. The molecular formula is C17H26BrNOS. The van der Waals surface area contributed by atoms with Gasteiger partial charge in [-0.25, -0.2) is 0 Å². The number of amides is 1. The molecule has 2 nitrogen and oxygen atoms in total. The van der Waals surface area contributed by atoms with Crippen LogP contribution >= 0.6 is 28.6 Å². The molecule has 0 bridgehead atoms. The molecule has 1 aromatic carbocycles. The maximum Gasteiger partial charge on any atom is 0.252 e. The lowest BCUT2D eigenvalue weighted by molar-refractivity contribution is 0.0952. The Balaban J connectivity index is 2.12. The highest BCUT2D eigenvalue weighted by atomic mass is 79.9. The Morgan fingerprint density at radius 1 is 1.10 bits per heavy atom. The van der Waals surface area contributed by atoms with Crippen LogP contribution in [-0.4, -0.2) is 12.5 Å². The summed E-state index contributed by atoms with van der Waals surface area (Å²) >= 11 is 7.67. The van der Waals surface area contributed by atoms with E-state index in [1.807, 2.05) is 12.1 Å². The number of thiol groups is 1. The fourth-order valence-electron chi connectivity index (χ4n) is 2.24. The van der Waals surface area contributed by atoms with Crippen LogP contribution in [0, 0.1) is 0 Å². The molecule has 0 aromatic heterocycles. The molecule has 0 atom stereocenters. The van der Waals surface area contributed by atoms with Crippen LogP contribution in [0.1, 0.15) is 68.6 Å². The second-order valence-corrected chi connectivity index (χ2v) is 6.77. The molecule has 0 saturated carbocycles. The van der Waals surface area contributed by atoms with Crippen LogP contribution in [0.4, 0.5) is 0 Å². The molecule has 0 aliphatic heterocycles. The summed E-state index contributed by atoms with van der Waals surface area (Å²) in [6.07, 6.45) is 10.2. The summed E-state index contributed by atoms with van der Waals surface area (Å²) in [7, 11) is 0. The molecule has 0 fully saturated rings. The van der Waals surface area contributed by atoms with Crippen LogP contribution in [-0.2, 0) is 0 Å². The molecule has 0 aliphatic rings. The van der Waals surface area contributed by atoms with E-state index in [0.29, 0.717) is 5.56 Å². The number of benzene rings is 1. The Hall–Kier alpha value is -0.480. The maximum absolute atomic E-state index is 12.0. The highest BCUT2D eigenvalue weighted by Gasteiger charge is 2.09. The Labute approximate surface area is 142 Å². The third kappa shape index (κ3) is 7.91. The first-order valence-electron chi connectivity index (χ1n) is 7.92. The van der Waals surface area contributed by atoms with Crippen LogP contribution in [0.5, 0.6) is 0 Å². The lowest BCUT2D eigenvalue weighted by atomic mass is 10.1. The Kier molecular flexibility index (Phi) is 9.85. The average Bonchev–Trinajstić information content (AvgIpc) is 2.48. The zero-order valence-corrected chi connectivity index (χ0v) is 15.3. The van der Waals surface area contributed by atoms with Gasteiger partial charge in [0.05, 0.1) is 5.56 Å². The van der Waals surface area contributed by atoms with Crippen molar-refractivity contribution < 1.29 is 4.79 Å². The van der Waals surface area contributed by atoms with Crippen molar-refractivity contribution in [2.24, 2.45) is 0 Å². The largest absolute Gasteiger partial charge is 0.352 e. The van der Waals surface area contributed by atoms with Gasteiger partial charge in [0.25, 0.3) is 5.91 Å². The van der Waals surface area contributed by atoms with Gasteiger partial charge in [-0.2, -0.15) is 0 Å². The van der Waals surface area contributed by atoms with Crippen LogP contribution in [0.2, 0.25) is 0 Å². The summed E-state index contributed by atoms with van der Waals surface area (Å²) in [5, 5.41) is 2.98. The molecule has 4 heteroatoms. The minimum absolute atomic E-state index is 0.0271. The molecule has 21 heavy (non-hydrogen) atoms. The van der Waals surface area contributed by atoms with Crippen molar-refractivity contribution in [2.45, 2.75) is 63.2 Å². The van der Waals surface area contributed by atoms with Crippen molar-refractivity contribution in [1.29, 1.82) is 0 Å². The van der Waals surface area contributed by atoms with E-state index in [0.717, 1.165) is 22.3 Å². The van der Waals surface area contributed by atoms with Gasteiger partial charge < -0.3 is 5.32 Å². The number of unbranched alkanes of at least 4 members (excludes halogenated alkanes) is 7. The quantitative estimate of drug-likeness (QED) is 0.406. The summed E-state index contributed by atoms with van der Waals surface area (Å²) in [6.45, 7) is 2.99. The Morgan fingerprint density at radius 3 is 2.38 bits per heavy atom. The summed E-state index contributed by atoms with van der Waals surface area (Å²) < 4.78 is 0.814. The number of hydrogen-bond donors (Lipinski definition) is 2. The molecule has 0 aliphatic carbocycles. The van der Waals surface area contributed by atoms with Gasteiger partial charge >= 0.3 is 0 Å². The van der Waals surface area contributed by atoms with E-state index in [9.17, 15) is 4.79 Å². The van der Waals surface area contributed by atoms with Crippen molar-refractivity contribution in [2.75, 3.05) is 6.54 Å². The molecule has 1 N–H and O–H groups in total. The topological polar surface area (TPSA) is 29.1 Å². The van der Waals surface area contributed by atoms with E-state index in [1.165, 1.54) is 44.9 Å². The van der Waals surface area contributed by atoms with Crippen LogP contribution in [0.3, 0.4) is 0 Å². The number of carbonyl (C=O) groups is 1. The molecule has 118 valence electrons. The number of carbonyl (C=O) groups excluding carboxylic acids is 1. The summed E-state index contributed by atoms with van der Waals surface area (Å²) in [4.78, 5) is 12.9. The Bertz CT molecular complexity index is 437. The molecule has 0 saturated heterocycles. The summed E-state index contributed by atoms with van der Waals surface area (Å²) in [5.41, 5.74) is 0.655. The first-order valence-corrected chi connectivity index (χ1v) is 9.16. The lowest BCUT2D eigenvalue weighted by Gasteiger charge is -2.07. The van der Waals surface area contributed by atoms with Gasteiger partial charge in [-0.05, 0) is 40.5 Å². The first-order chi connectivity index (χ1) is 10.1. The van der Waals surface area contributed by atoms with Crippen molar-refractivity contribution >= 4 is 34.5 Å². The van der Waals surface area contributed by atoms with E-state index >= 15 is 0 Å². The number of nitrogens with one attached hydrogen (secondary N) is 1. The van der Waals surface area contributed by atoms with Crippen molar-refractivity contribution in [1.82, 2.24) is 5.32 Å². The SMILES string of the molecule is CCCCCCCCCCNC(=O)c1cc(S)ccc1Br. The molecule has 1 aromatic rings. The molecule has 0 radical (unpaired) electrons. The van der Waals surface area contributed by atoms with E-state index in [2.05, 4.69) is 40.8 Å². The predicted molar refractivity (Wildman–Crippen MR) is 96.3 cm³/mol. The van der Waals surface area contributed by atoms with Gasteiger partial charge in [0, 0.05) is 15.9 Å². The molecule has 1 amide bonds. The van der Waals surface area contributed by atoms with Gasteiger partial charge in [0.2, 0.25) is 0 Å². The van der Waals surface area contributed by atoms with E-state index in [4.69, 9.17) is 0 Å². The van der Waals surface area contributed by atoms with E-state index in [-0.39, 0.29) is 5.91 Å². The fraction of sp³-hybridized carbons (Fsp3) is 0.588. The molecule has 0 heterocycles. The zero-order chi connectivity index (χ0) is 15.5. The van der Waals surface area contributed by atoms with Gasteiger partial charge in [0.15, 0.2) is 0 Å². The molecule has 0 unspecified atom stereocenters. The van der Waals surface area contributed by atoms with Crippen molar-refractivity contribution in [3.05, 3.63) is 28.2 Å². The van der Waals surface area contributed by atoms with Crippen LogP contribution in [0.15, 0.2) is 27.6 Å². The average molecular weight is 372 g/mol. The third-order valence-electron chi connectivity index (χ3n) is 3.51. The normalized spacial score (nSPS) is 10.6. The number of halogens is 1. The summed E-state index contributed by atoms with van der Waals surface area (Å²) in [5.74, 6) is -0.0271. The second-order valence-electron chi connectivity index (χ2n) is 5.39. The second kappa shape index (κ2) is 11.1. The highest BCUT2D eigenvalue weighted by Crippen LogP contribution is 2.20. The van der Waals surface area contributed by atoms with E-state index in [1.54, 1.807) is 6.07 Å². The number of hydrogen-bond acceptors (Lipinski definition) is 2. The molecule has 1 rings (SSSR count). The third-order valence-corrected chi connectivity index (χ3v) is 4.48. The molecule has 0 spiro atoms. The van der Waals surface area contributed by atoms with Crippen LogP contribution in [0.25, 0.3) is 0 Å². The molecular weight excluding hydrogens is 346 g/mol. The minimum atomic E-state index is -0.0271.